The van der Waals surface area contributed by atoms with Gasteiger partial charge in [0.1, 0.15) is 18.1 Å². The van der Waals surface area contributed by atoms with Crippen molar-refractivity contribution in [2.75, 3.05) is 24.7 Å². The number of hydrogen-bond donors (Lipinski definition) is 4. The third-order valence-electron chi connectivity index (χ3n) is 9.87. The molecule has 2 heterocycles. The first-order valence-corrected chi connectivity index (χ1v) is 18.9. The van der Waals surface area contributed by atoms with Gasteiger partial charge in [-0.05, 0) is 55.8 Å². The fraction of sp³-hybridized carbons (Fsp3) is 0.812. The standard InChI is InChI=1S/C32H49N5O7S2/c1-18(2)24(30(42)44-16-20-10-11-20)35-31(43)36-25(21-6-4-3-5-7-21)29(41)37-17-32(45-12-13-46-32)15-23(37)28(40)34-22(14-19-8-9-19)26(38)27(33)39/h18-25H,3-17H2,1-2H3,(H2,33,39)(H,34,40)(H2,35,36,43)/t22?,23-,24-,25-/m0/s1. The molecule has 12 nitrogen and oxygen atoms in total. The molecule has 1 unspecified atom stereocenters. The molecule has 5 N–H and O–H groups in total. The van der Waals surface area contributed by atoms with Crippen molar-refractivity contribution in [2.24, 2.45) is 29.4 Å². The number of carbonyl (C=O) groups excluding carboxylic acids is 6. The van der Waals surface area contributed by atoms with Crippen LogP contribution in [-0.2, 0) is 28.7 Å². The van der Waals surface area contributed by atoms with Crippen molar-refractivity contribution in [1.29, 1.82) is 0 Å². The number of amides is 5. The summed E-state index contributed by atoms with van der Waals surface area (Å²) in [7, 11) is 0. The maximum atomic E-state index is 14.5. The smallest absolute Gasteiger partial charge is 0.328 e. The maximum absolute atomic E-state index is 14.5. The van der Waals surface area contributed by atoms with E-state index in [-0.39, 0.29) is 27.7 Å². The Morgan fingerprint density at radius 2 is 1.54 bits per heavy atom. The third kappa shape index (κ3) is 8.90. The van der Waals surface area contributed by atoms with Crippen LogP contribution in [0.2, 0.25) is 0 Å². The predicted molar refractivity (Wildman–Crippen MR) is 176 cm³/mol. The van der Waals surface area contributed by atoms with Crippen molar-refractivity contribution < 1.29 is 33.5 Å². The molecule has 2 saturated heterocycles. The highest BCUT2D eigenvalue weighted by Gasteiger charge is 2.53. The molecule has 14 heteroatoms. The molecule has 5 rings (SSSR count). The highest BCUT2D eigenvalue weighted by Crippen LogP contribution is 2.52. The van der Waals surface area contributed by atoms with Gasteiger partial charge in [0.05, 0.1) is 16.7 Å². The topological polar surface area (TPSA) is 177 Å². The second kappa shape index (κ2) is 15.2. The Bertz CT molecular complexity index is 1180. The zero-order chi connectivity index (χ0) is 33.0. The van der Waals surface area contributed by atoms with Crippen LogP contribution in [0.3, 0.4) is 0 Å². The molecular weight excluding hydrogens is 631 g/mol. The minimum Gasteiger partial charge on any atom is -0.464 e. The number of urea groups is 1. The lowest BCUT2D eigenvalue weighted by Gasteiger charge is -2.35. The maximum Gasteiger partial charge on any atom is 0.328 e. The number of rotatable bonds is 14. The number of nitrogens with two attached hydrogens (primary N) is 1. The summed E-state index contributed by atoms with van der Waals surface area (Å²) in [6.07, 6.45) is 9.08. The zero-order valence-corrected chi connectivity index (χ0v) is 28.6. The molecule has 2 aliphatic heterocycles. The lowest BCUT2D eigenvalue weighted by Crippen LogP contribution is -2.60. The van der Waals surface area contributed by atoms with E-state index in [0.29, 0.717) is 31.9 Å². The average Bonchev–Trinajstić information content (AvgIpc) is 3.97. The van der Waals surface area contributed by atoms with Crippen LogP contribution in [0, 0.1) is 23.7 Å². The predicted octanol–water partition coefficient (Wildman–Crippen LogP) is 2.33. The third-order valence-corrected chi connectivity index (χ3v) is 13.3. The molecule has 46 heavy (non-hydrogen) atoms. The van der Waals surface area contributed by atoms with Crippen LogP contribution >= 0.6 is 23.5 Å². The second-order valence-electron chi connectivity index (χ2n) is 14.1. The highest BCUT2D eigenvalue weighted by atomic mass is 32.2. The van der Waals surface area contributed by atoms with Gasteiger partial charge in [-0.3, -0.25) is 19.2 Å². The van der Waals surface area contributed by atoms with E-state index in [0.717, 1.165) is 69.3 Å². The number of esters is 1. The Labute approximate surface area is 279 Å². The van der Waals surface area contributed by atoms with Gasteiger partial charge < -0.3 is 31.3 Å². The lowest BCUT2D eigenvalue weighted by atomic mass is 9.83. The van der Waals surface area contributed by atoms with Gasteiger partial charge in [-0.1, -0.05) is 46.0 Å². The summed E-state index contributed by atoms with van der Waals surface area (Å²) in [5.41, 5.74) is 5.32. The van der Waals surface area contributed by atoms with E-state index in [1.54, 1.807) is 28.4 Å². The first-order valence-electron chi connectivity index (χ1n) is 16.9. The van der Waals surface area contributed by atoms with Gasteiger partial charge in [0, 0.05) is 24.5 Å². The molecule has 0 radical (unpaired) electrons. The van der Waals surface area contributed by atoms with E-state index < -0.39 is 53.8 Å². The van der Waals surface area contributed by atoms with Crippen molar-refractivity contribution in [2.45, 2.75) is 113 Å². The molecular formula is C32H49N5O7S2. The molecule has 5 amide bonds. The summed E-state index contributed by atoms with van der Waals surface area (Å²) in [4.78, 5) is 80.8. The summed E-state index contributed by atoms with van der Waals surface area (Å²) < 4.78 is 5.10. The lowest BCUT2D eigenvalue weighted by molar-refractivity contribution is -0.147. The molecule has 3 saturated carbocycles. The summed E-state index contributed by atoms with van der Waals surface area (Å²) in [5.74, 6) is -1.16. The number of Topliss-reactive ketones (excluding diaryl/α,β-unsaturated/α-hetero) is 1. The Morgan fingerprint density at radius 1 is 0.891 bits per heavy atom. The number of thioether (sulfide) groups is 2. The van der Waals surface area contributed by atoms with Gasteiger partial charge in [0.15, 0.2) is 0 Å². The Kier molecular flexibility index (Phi) is 11.5. The quantitative estimate of drug-likeness (QED) is 0.159. The van der Waals surface area contributed by atoms with Crippen LogP contribution in [0.15, 0.2) is 0 Å². The van der Waals surface area contributed by atoms with Gasteiger partial charge in [-0.2, -0.15) is 0 Å². The van der Waals surface area contributed by atoms with Crippen LogP contribution < -0.4 is 21.7 Å². The molecule has 5 aliphatic rings. The van der Waals surface area contributed by atoms with E-state index in [4.69, 9.17) is 10.5 Å². The molecule has 1 spiro atoms. The van der Waals surface area contributed by atoms with Gasteiger partial charge in [0.25, 0.3) is 5.91 Å². The van der Waals surface area contributed by atoms with Crippen LogP contribution in [0.5, 0.6) is 0 Å². The van der Waals surface area contributed by atoms with Crippen molar-refractivity contribution in [1.82, 2.24) is 20.9 Å². The van der Waals surface area contributed by atoms with Crippen molar-refractivity contribution in [3.05, 3.63) is 0 Å². The van der Waals surface area contributed by atoms with Crippen molar-refractivity contribution >= 4 is 59.0 Å². The first kappa shape index (κ1) is 34.8. The van der Waals surface area contributed by atoms with Crippen LogP contribution in [0.4, 0.5) is 4.79 Å². The molecule has 0 bridgehead atoms. The summed E-state index contributed by atoms with van der Waals surface area (Å²) in [6, 6.07) is -4.29. The van der Waals surface area contributed by atoms with Gasteiger partial charge in [0.2, 0.25) is 17.6 Å². The molecule has 5 fully saturated rings. The minimum atomic E-state index is -1.09. The monoisotopic (exact) mass is 679 g/mol. The first-order chi connectivity index (χ1) is 22.0. The molecule has 0 aromatic carbocycles. The number of nitrogens with one attached hydrogen (secondary N) is 3. The number of nitrogens with zero attached hydrogens (tertiary/aromatic N) is 1. The van der Waals surface area contributed by atoms with Crippen molar-refractivity contribution in [3.63, 3.8) is 0 Å². The van der Waals surface area contributed by atoms with Crippen LogP contribution in [-0.4, -0.2) is 93.3 Å². The molecule has 4 atom stereocenters. The van der Waals surface area contributed by atoms with Gasteiger partial charge in [-0.15, -0.1) is 23.5 Å². The highest BCUT2D eigenvalue weighted by molar-refractivity contribution is 8.21. The summed E-state index contributed by atoms with van der Waals surface area (Å²) in [5, 5.41) is 8.47. The normalized spacial score (nSPS) is 24.7. The average molecular weight is 680 g/mol. The molecule has 0 aromatic rings. The summed E-state index contributed by atoms with van der Waals surface area (Å²) >= 11 is 3.46. The molecule has 0 aromatic heterocycles. The zero-order valence-electron chi connectivity index (χ0n) is 26.9. The molecule has 3 aliphatic carbocycles. The number of primary amides is 1. The Hall–Kier alpha value is -2.48. The Balaban J connectivity index is 1.33. The van der Waals surface area contributed by atoms with E-state index in [2.05, 4.69) is 16.0 Å². The number of ketones is 1. The van der Waals surface area contributed by atoms with Gasteiger partial charge >= 0.3 is 12.0 Å². The number of ether oxygens (including phenoxy) is 1. The Morgan fingerprint density at radius 3 is 2.13 bits per heavy atom. The van der Waals surface area contributed by atoms with Crippen molar-refractivity contribution in [3.8, 4) is 0 Å². The largest absolute Gasteiger partial charge is 0.464 e. The van der Waals surface area contributed by atoms with E-state index >= 15 is 0 Å². The van der Waals surface area contributed by atoms with Crippen LogP contribution in [0.25, 0.3) is 0 Å². The number of carbonyl (C=O) groups is 6. The van der Waals surface area contributed by atoms with E-state index in [9.17, 15) is 28.8 Å². The van der Waals surface area contributed by atoms with E-state index in [1.807, 2.05) is 13.8 Å². The van der Waals surface area contributed by atoms with E-state index in [1.165, 1.54) is 0 Å². The minimum absolute atomic E-state index is 0.130. The van der Waals surface area contributed by atoms with Crippen LogP contribution in [0.1, 0.15) is 84.5 Å². The number of hydrogen-bond acceptors (Lipinski definition) is 9. The second-order valence-corrected chi connectivity index (χ2v) is 17.3. The number of likely N-dealkylation sites (tertiary alicyclic amines) is 1. The van der Waals surface area contributed by atoms with Gasteiger partial charge in [-0.25, -0.2) is 9.59 Å². The summed E-state index contributed by atoms with van der Waals surface area (Å²) in [6.45, 7) is 4.33. The SMILES string of the molecule is CC(C)[C@H](NC(=O)N[C@H](C(=O)N1CC2(C[C@H]1C(=O)NC(CC1CC1)C(=O)C(N)=O)SCCS2)C1CCCCC1)C(=O)OCC1CC1. The fourth-order valence-electron chi connectivity index (χ4n) is 6.79. The molecule has 256 valence electrons. The fourth-order valence-corrected chi connectivity index (χ4v) is 10.0.